The summed E-state index contributed by atoms with van der Waals surface area (Å²) in [6.45, 7) is 5.21. The van der Waals surface area contributed by atoms with Gasteiger partial charge in [-0.05, 0) is 23.6 Å². The molecule has 1 aromatic carbocycles. The lowest BCUT2D eigenvalue weighted by molar-refractivity contribution is -0.120. The molecule has 0 aromatic heterocycles. The number of ether oxygens (including phenoxy) is 1. The Morgan fingerprint density at radius 3 is 2.52 bits per heavy atom. The lowest BCUT2D eigenvalue weighted by Crippen LogP contribution is -2.31. The van der Waals surface area contributed by atoms with Gasteiger partial charge in [0.15, 0.2) is 0 Å². The van der Waals surface area contributed by atoms with Gasteiger partial charge in [-0.1, -0.05) is 31.9 Å². The van der Waals surface area contributed by atoms with Gasteiger partial charge in [0.2, 0.25) is 5.91 Å². The Morgan fingerprint density at radius 1 is 1.33 bits per heavy atom. The average molecular weight is 288 g/mol. The Morgan fingerprint density at radius 2 is 2.00 bits per heavy atom. The van der Waals surface area contributed by atoms with Crippen LogP contribution in [0.3, 0.4) is 0 Å². The molecule has 2 N–H and O–H groups in total. The molecule has 0 saturated heterocycles. The van der Waals surface area contributed by atoms with E-state index >= 15 is 0 Å². The third kappa shape index (κ3) is 5.88. The molecule has 0 unspecified atom stereocenters. The summed E-state index contributed by atoms with van der Waals surface area (Å²) in [5, 5.41) is 6.09. The van der Waals surface area contributed by atoms with Gasteiger partial charge in [0, 0.05) is 19.0 Å². The summed E-state index contributed by atoms with van der Waals surface area (Å²) in [6, 6.07) is 8.21. The monoisotopic (exact) mass is 288 g/mol. The maximum atomic E-state index is 11.5. The molecular weight excluding hydrogens is 264 g/mol. The first-order valence-corrected chi connectivity index (χ1v) is 7.16. The third-order valence-corrected chi connectivity index (χ3v) is 3.25. The number of carbonyl (C=O) groups excluding carboxylic acids is 1. The maximum absolute atomic E-state index is 11.5. The number of hydrogen-bond acceptors (Lipinski definition) is 3. The van der Waals surface area contributed by atoms with E-state index in [2.05, 4.69) is 42.5 Å². The molecular formula is C17H24N2O2. The zero-order valence-electron chi connectivity index (χ0n) is 13.0. The lowest BCUT2D eigenvalue weighted by Gasteiger charge is -2.23. The molecule has 0 saturated carbocycles. The van der Waals surface area contributed by atoms with E-state index < -0.39 is 0 Å². The summed E-state index contributed by atoms with van der Waals surface area (Å²) >= 11 is 0. The zero-order valence-corrected chi connectivity index (χ0v) is 13.0. The van der Waals surface area contributed by atoms with Gasteiger partial charge in [0.25, 0.3) is 0 Å². The van der Waals surface area contributed by atoms with Crippen LogP contribution in [0.25, 0.3) is 0 Å². The van der Waals surface area contributed by atoms with E-state index in [0.717, 1.165) is 5.75 Å². The number of amides is 1. The Bertz CT molecular complexity index is 475. The predicted octanol–water partition coefficient (Wildman–Crippen LogP) is 2.12. The van der Waals surface area contributed by atoms with Crippen molar-refractivity contribution < 1.29 is 9.53 Å². The third-order valence-electron chi connectivity index (χ3n) is 3.25. The topological polar surface area (TPSA) is 50.4 Å². The van der Waals surface area contributed by atoms with Crippen molar-refractivity contribution in [1.29, 1.82) is 0 Å². The maximum Gasteiger partial charge on any atom is 0.222 e. The number of methoxy groups -OCH3 is 1. The molecule has 0 aliphatic carbocycles. The van der Waals surface area contributed by atoms with Crippen molar-refractivity contribution in [2.45, 2.75) is 26.3 Å². The van der Waals surface area contributed by atoms with E-state index in [1.807, 2.05) is 12.1 Å². The summed E-state index contributed by atoms with van der Waals surface area (Å²) in [7, 11) is 1.65. The molecule has 0 spiro atoms. The van der Waals surface area contributed by atoms with Crippen LogP contribution in [-0.4, -0.2) is 26.1 Å². The largest absolute Gasteiger partial charge is 0.497 e. The van der Waals surface area contributed by atoms with E-state index in [9.17, 15) is 4.79 Å². The number of nitrogens with one attached hydrogen (secondary N) is 2. The molecule has 1 amide bonds. The Kier molecular flexibility index (Phi) is 7.34. The van der Waals surface area contributed by atoms with Gasteiger partial charge in [-0.2, -0.15) is 0 Å². The molecule has 0 aliphatic rings. The van der Waals surface area contributed by atoms with Crippen LogP contribution >= 0.6 is 0 Å². The van der Waals surface area contributed by atoms with Gasteiger partial charge in [-0.15, -0.1) is 6.42 Å². The van der Waals surface area contributed by atoms with Gasteiger partial charge < -0.3 is 15.4 Å². The highest BCUT2D eigenvalue weighted by Crippen LogP contribution is 2.23. The fourth-order valence-corrected chi connectivity index (χ4v) is 2.13. The molecule has 0 heterocycles. The fraction of sp³-hybridized carbons (Fsp3) is 0.471. The van der Waals surface area contributed by atoms with Crippen LogP contribution in [0.2, 0.25) is 0 Å². The number of rotatable bonds is 8. The highest BCUT2D eigenvalue weighted by molar-refractivity contribution is 5.76. The molecule has 4 heteroatoms. The second-order valence-electron chi connectivity index (χ2n) is 5.18. The predicted molar refractivity (Wildman–Crippen MR) is 85.0 cm³/mol. The van der Waals surface area contributed by atoms with Crippen molar-refractivity contribution in [1.82, 2.24) is 10.6 Å². The molecule has 0 aliphatic heterocycles. The summed E-state index contributed by atoms with van der Waals surface area (Å²) < 4.78 is 5.17. The Hall–Kier alpha value is -1.99. The smallest absolute Gasteiger partial charge is 0.222 e. The summed E-state index contributed by atoms with van der Waals surface area (Å²) in [5.74, 6) is 3.62. The molecule has 0 radical (unpaired) electrons. The molecule has 21 heavy (non-hydrogen) atoms. The van der Waals surface area contributed by atoms with Gasteiger partial charge in [-0.25, -0.2) is 0 Å². The molecule has 1 aromatic rings. The molecule has 1 rings (SSSR count). The second-order valence-corrected chi connectivity index (χ2v) is 5.18. The lowest BCUT2D eigenvalue weighted by atomic mass is 9.96. The normalized spacial score (nSPS) is 11.8. The van der Waals surface area contributed by atoms with Crippen molar-refractivity contribution in [3.8, 4) is 18.1 Å². The minimum Gasteiger partial charge on any atom is -0.497 e. The van der Waals surface area contributed by atoms with Crippen molar-refractivity contribution in [3.63, 3.8) is 0 Å². The second kappa shape index (κ2) is 9.04. The number of hydrogen-bond donors (Lipinski definition) is 2. The van der Waals surface area contributed by atoms with Crippen molar-refractivity contribution >= 4 is 5.91 Å². The van der Waals surface area contributed by atoms with Gasteiger partial charge in [-0.3, -0.25) is 4.79 Å². The molecule has 1 atom stereocenters. The fourth-order valence-electron chi connectivity index (χ4n) is 2.13. The quantitative estimate of drug-likeness (QED) is 0.720. The summed E-state index contributed by atoms with van der Waals surface area (Å²) in [5.41, 5.74) is 1.19. The molecule has 0 bridgehead atoms. The minimum atomic E-state index is -0.0299. The van der Waals surface area contributed by atoms with E-state index in [1.165, 1.54) is 5.56 Å². The van der Waals surface area contributed by atoms with E-state index in [0.29, 0.717) is 18.9 Å². The SMILES string of the molecule is C#CCNC(=O)CCN[C@H](c1ccc(OC)cc1)C(C)C. The van der Waals surface area contributed by atoms with E-state index in [4.69, 9.17) is 11.2 Å². The van der Waals surface area contributed by atoms with Crippen LogP contribution in [0.4, 0.5) is 0 Å². The van der Waals surface area contributed by atoms with Crippen molar-refractivity contribution in [2.24, 2.45) is 5.92 Å². The first-order chi connectivity index (χ1) is 10.1. The molecule has 0 fully saturated rings. The average Bonchev–Trinajstić information content (AvgIpc) is 2.49. The number of terminal acetylenes is 1. The van der Waals surface area contributed by atoms with Crippen molar-refractivity contribution in [2.75, 3.05) is 20.2 Å². The molecule has 4 nitrogen and oxygen atoms in total. The van der Waals surface area contributed by atoms with Crippen LogP contribution in [0, 0.1) is 18.3 Å². The first-order valence-electron chi connectivity index (χ1n) is 7.16. The van der Waals surface area contributed by atoms with Gasteiger partial charge in [0.05, 0.1) is 13.7 Å². The minimum absolute atomic E-state index is 0.0299. The van der Waals surface area contributed by atoms with Crippen LogP contribution in [0.5, 0.6) is 5.75 Å². The van der Waals surface area contributed by atoms with Gasteiger partial charge >= 0.3 is 0 Å². The van der Waals surface area contributed by atoms with E-state index in [1.54, 1.807) is 7.11 Å². The van der Waals surface area contributed by atoms with Crippen LogP contribution < -0.4 is 15.4 Å². The summed E-state index contributed by atoms with van der Waals surface area (Å²) in [4.78, 5) is 11.5. The van der Waals surface area contributed by atoms with Crippen LogP contribution in [0.15, 0.2) is 24.3 Å². The summed E-state index contributed by atoms with van der Waals surface area (Å²) in [6.07, 6.45) is 5.52. The van der Waals surface area contributed by atoms with Crippen LogP contribution in [0.1, 0.15) is 31.9 Å². The molecule has 114 valence electrons. The first kappa shape index (κ1) is 17.1. The number of benzene rings is 1. The Balaban J connectivity index is 2.54. The standard InChI is InChI=1S/C17H24N2O2/c1-5-11-18-16(20)10-12-19-17(13(2)3)14-6-8-15(21-4)9-7-14/h1,6-9,13,17,19H,10-12H2,2-4H3,(H,18,20)/t17-/m0/s1. The highest BCUT2D eigenvalue weighted by atomic mass is 16.5. The Labute approximate surface area is 127 Å². The van der Waals surface area contributed by atoms with Crippen molar-refractivity contribution in [3.05, 3.63) is 29.8 Å². The van der Waals surface area contributed by atoms with E-state index in [-0.39, 0.29) is 18.5 Å². The number of carbonyl (C=O) groups is 1. The highest BCUT2D eigenvalue weighted by Gasteiger charge is 2.15. The zero-order chi connectivity index (χ0) is 15.7. The van der Waals surface area contributed by atoms with Crippen LogP contribution in [-0.2, 0) is 4.79 Å². The van der Waals surface area contributed by atoms with Gasteiger partial charge in [0.1, 0.15) is 5.75 Å².